The lowest BCUT2D eigenvalue weighted by molar-refractivity contribution is 0.0984. The average molecular weight is 363 g/mol. The van der Waals surface area contributed by atoms with Crippen molar-refractivity contribution in [3.63, 3.8) is 0 Å². The number of hydrogen-bond acceptors (Lipinski definition) is 6. The molecule has 1 aromatic carbocycles. The number of hydrogen-bond donors (Lipinski definition) is 0. The molecule has 3 aromatic heterocycles. The maximum atomic E-state index is 13.3. The fraction of sp³-hybridized carbons (Fsp3) is 0.105. The van der Waals surface area contributed by atoms with Crippen molar-refractivity contribution in [1.82, 2.24) is 24.9 Å². The highest BCUT2D eigenvalue weighted by Gasteiger charge is 2.15. The van der Waals surface area contributed by atoms with Crippen molar-refractivity contribution in [3.05, 3.63) is 84.0 Å². The van der Waals surface area contributed by atoms with Crippen molar-refractivity contribution in [2.45, 2.75) is 13.0 Å². The van der Waals surface area contributed by atoms with Gasteiger partial charge in [-0.15, -0.1) is 0 Å². The van der Waals surface area contributed by atoms with Crippen LogP contribution >= 0.6 is 0 Å². The van der Waals surface area contributed by atoms with E-state index in [1.165, 1.54) is 18.5 Å². The summed E-state index contributed by atoms with van der Waals surface area (Å²) in [6.07, 6.45) is 6.49. The number of carbonyl (C=O) groups is 1. The van der Waals surface area contributed by atoms with Crippen LogP contribution in [0.4, 0.5) is 4.39 Å². The Hall–Kier alpha value is -3.68. The summed E-state index contributed by atoms with van der Waals surface area (Å²) in [6, 6.07) is 9.55. The second-order valence-electron chi connectivity index (χ2n) is 5.95. The molecule has 0 fully saturated rings. The number of benzene rings is 1. The van der Waals surface area contributed by atoms with Gasteiger partial charge in [-0.3, -0.25) is 9.48 Å². The first-order chi connectivity index (χ1) is 13.2. The quantitative estimate of drug-likeness (QED) is 0.490. The highest BCUT2D eigenvalue weighted by molar-refractivity contribution is 5.96. The zero-order valence-electron chi connectivity index (χ0n) is 14.1. The van der Waals surface area contributed by atoms with Gasteiger partial charge in [-0.2, -0.15) is 5.10 Å². The van der Waals surface area contributed by atoms with E-state index in [0.29, 0.717) is 18.0 Å². The molecule has 0 atom stereocenters. The lowest BCUT2D eigenvalue weighted by Gasteiger charge is -2.01. The van der Waals surface area contributed by atoms with Gasteiger partial charge in [0.15, 0.2) is 17.2 Å². The van der Waals surface area contributed by atoms with Gasteiger partial charge in [0.05, 0.1) is 12.7 Å². The molecule has 0 aliphatic heterocycles. The second kappa shape index (κ2) is 7.28. The Morgan fingerprint density at radius 1 is 1.19 bits per heavy atom. The normalized spacial score (nSPS) is 10.9. The van der Waals surface area contributed by atoms with Gasteiger partial charge in [0, 0.05) is 24.9 Å². The van der Waals surface area contributed by atoms with Crippen molar-refractivity contribution in [2.75, 3.05) is 0 Å². The molecule has 0 aliphatic carbocycles. The van der Waals surface area contributed by atoms with E-state index in [1.807, 2.05) is 6.07 Å². The average Bonchev–Trinajstić information content (AvgIpc) is 3.32. The minimum Gasteiger partial charge on any atom is -0.354 e. The predicted octanol–water partition coefficient (Wildman–Crippen LogP) is 2.94. The van der Waals surface area contributed by atoms with E-state index in [0.717, 1.165) is 11.1 Å². The van der Waals surface area contributed by atoms with E-state index in [4.69, 9.17) is 4.52 Å². The molecule has 0 aliphatic rings. The maximum absolute atomic E-state index is 13.3. The third-order valence-corrected chi connectivity index (χ3v) is 3.92. The van der Waals surface area contributed by atoms with E-state index >= 15 is 0 Å². The Labute approximate surface area is 153 Å². The summed E-state index contributed by atoms with van der Waals surface area (Å²) < 4.78 is 20.1. The standard InChI is InChI=1S/C19H14FN5O2/c20-15-3-1-2-13(6-15)10-25-11-14(9-23-25)7-18(26)17-8-19(27-24-17)16-4-5-21-12-22-16/h1-6,8-9,11-12H,7,10H2. The lowest BCUT2D eigenvalue weighted by Crippen LogP contribution is -2.03. The first-order valence-corrected chi connectivity index (χ1v) is 8.19. The van der Waals surface area contributed by atoms with Crippen LogP contribution in [0.1, 0.15) is 21.6 Å². The lowest BCUT2D eigenvalue weighted by atomic mass is 10.1. The molecule has 8 heteroatoms. The molecule has 0 spiro atoms. The molecule has 3 heterocycles. The van der Waals surface area contributed by atoms with Gasteiger partial charge in [-0.1, -0.05) is 17.3 Å². The summed E-state index contributed by atoms with van der Waals surface area (Å²) in [5.41, 5.74) is 2.31. The number of Topliss-reactive ketones (excluding diaryl/α,β-unsaturated/α-hetero) is 1. The van der Waals surface area contributed by atoms with Crippen LogP contribution in [0.15, 0.2) is 65.8 Å². The minimum atomic E-state index is -0.291. The van der Waals surface area contributed by atoms with Crippen LogP contribution in [0.2, 0.25) is 0 Å². The molecule has 134 valence electrons. The molecule has 0 N–H and O–H groups in total. The number of rotatable bonds is 6. The summed E-state index contributed by atoms with van der Waals surface area (Å²) >= 11 is 0. The van der Waals surface area contributed by atoms with Crippen molar-refractivity contribution in [1.29, 1.82) is 0 Å². The molecule has 4 aromatic rings. The fourth-order valence-corrected chi connectivity index (χ4v) is 2.65. The van der Waals surface area contributed by atoms with Crippen LogP contribution in [0, 0.1) is 5.82 Å². The summed E-state index contributed by atoms with van der Waals surface area (Å²) in [4.78, 5) is 20.3. The zero-order valence-corrected chi connectivity index (χ0v) is 14.1. The van der Waals surface area contributed by atoms with E-state index in [2.05, 4.69) is 20.2 Å². The van der Waals surface area contributed by atoms with Gasteiger partial charge in [0.25, 0.3) is 0 Å². The molecule has 0 saturated heterocycles. The van der Waals surface area contributed by atoms with Crippen molar-refractivity contribution < 1.29 is 13.7 Å². The second-order valence-corrected chi connectivity index (χ2v) is 5.95. The summed E-state index contributed by atoms with van der Waals surface area (Å²) in [6.45, 7) is 0.424. The Morgan fingerprint density at radius 2 is 2.11 bits per heavy atom. The first-order valence-electron chi connectivity index (χ1n) is 8.19. The largest absolute Gasteiger partial charge is 0.354 e. The van der Waals surface area contributed by atoms with Gasteiger partial charge in [-0.05, 0) is 29.3 Å². The molecule has 0 unspecified atom stereocenters. The summed E-state index contributed by atoms with van der Waals surface area (Å²) in [5, 5.41) is 8.04. The van der Waals surface area contributed by atoms with E-state index < -0.39 is 0 Å². The molecular weight excluding hydrogens is 349 g/mol. The highest BCUT2D eigenvalue weighted by Crippen LogP contribution is 2.18. The van der Waals surface area contributed by atoms with E-state index in [-0.39, 0.29) is 23.7 Å². The minimum absolute atomic E-state index is 0.138. The van der Waals surface area contributed by atoms with Crippen LogP contribution in [0.25, 0.3) is 11.5 Å². The van der Waals surface area contributed by atoms with E-state index in [9.17, 15) is 9.18 Å². The first kappa shape index (κ1) is 16.8. The topological polar surface area (TPSA) is 86.7 Å². The molecule has 7 nitrogen and oxygen atoms in total. The van der Waals surface area contributed by atoms with Crippen LogP contribution in [-0.4, -0.2) is 30.7 Å². The van der Waals surface area contributed by atoms with Gasteiger partial charge in [-0.25, -0.2) is 14.4 Å². The molecule has 27 heavy (non-hydrogen) atoms. The summed E-state index contributed by atoms with van der Waals surface area (Å²) in [7, 11) is 0. The summed E-state index contributed by atoms with van der Waals surface area (Å²) in [5.74, 6) is -0.0764. The van der Waals surface area contributed by atoms with Gasteiger partial charge in [0.2, 0.25) is 0 Å². The van der Waals surface area contributed by atoms with Crippen molar-refractivity contribution in [3.8, 4) is 11.5 Å². The fourth-order valence-electron chi connectivity index (χ4n) is 2.65. The molecule has 0 amide bonds. The van der Waals surface area contributed by atoms with Crippen LogP contribution in [0.5, 0.6) is 0 Å². The van der Waals surface area contributed by atoms with Crippen molar-refractivity contribution in [2.24, 2.45) is 0 Å². The Bertz CT molecular complexity index is 1070. The Balaban J connectivity index is 1.43. The number of aromatic nitrogens is 5. The van der Waals surface area contributed by atoms with Crippen LogP contribution in [-0.2, 0) is 13.0 Å². The van der Waals surface area contributed by atoms with Gasteiger partial charge < -0.3 is 4.52 Å². The molecule has 0 radical (unpaired) electrons. The third kappa shape index (κ3) is 3.95. The van der Waals surface area contributed by atoms with Crippen LogP contribution < -0.4 is 0 Å². The van der Waals surface area contributed by atoms with Crippen LogP contribution in [0.3, 0.4) is 0 Å². The number of ketones is 1. The van der Waals surface area contributed by atoms with Gasteiger partial charge in [0.1, 0.15) is 17.8 Å². The van der Waals surface area contributed by atoms with Crippen molar-refractivity contribution >= 4 is 5.78 Å². The Kier molecular flexibility index (Phi) is 4.52. The SMILES string of the molecule is O=C(Cc1cnn(Cc2cccc(F)c2)c1)c1cc(-c2ccncn2)on1. The molecular formula is C19H14FN5O2. The molecule has 0 bridgehead atoms. The monoisotopic (exact) mass is 363 g/mol. The highest BCUT2D eigenvalue weighted by atomic mass is 19.1. The van der Waals surface area contributed by atoms with E-state index in [1.54, 1.807) is 41.5 Å². The molecule has 0 saturated carbocycles. The Morgan fingerprint density at radius 3 is 2.93 bits per heavy atom. The maximum Gasteiger partial charge on any atom is 0.189 e. The smallest absolute Gasteiger partial charge is 0.189 e. The number of carbonyl (C=O) groups excluding carboxylic acids is 1. The number of nitrogens with zero attached hydrogens (tertiary/aromatic N) is 5. The predicted molar refractivity (Wildman–Crippen MR) is 93.3 cm³/mol. The third-order valence-electron chi connectivity index (χ3n) is 3.92. The number of halogens is 1. The molecule has 4 rings (SSSR count). The van der Waals surface area contributed by atoms with Gasteiger partial charge >= 0.3 is 0 Å². The zero-order chi connectivity index (χ0) is 18.6.